The van der Waals surface area contributed by atoms with E-state index in [-0.39, 0.29) is 17.2 Å². The first-order chi connectivity index (χ1) is 18.9. The van der Waals surface area contributed by atoms with Crippen molar-refractivity contribution in [1.82, 2.24) is 24.1 Å². The number of carbonyl (C=O) groups is 1. The maximum atomic E-state index is 13.3. The smallest absolute Gasteiger partial charge is 0.295 e. The van der Waals surface area contributed by atoms with Gasteiger partial charge in [0.25, 0.3) is 5.56 Å². The van der Waals surface area contributed by atoms with Gasteiger partial charge in [0.05, 0.1) is 16.6 Å². The highest BCUT2D eigenvalue weighted by atomic mass is 32.2. The van der Waals surface area contributed by atoms with Crippen molar-refractivity contribution in [2.45, 2.75) is 43.6 Å². The molecule has 0 bridgehead atoms. The van der Waals surface area contributed by atoms with Crippen LogP contribution in [0.5, 0.6) is 0 Å². The Morgan fingerprint density at radius 2 is 1.74 bits per heavy atom. The van der Waals surface area contributed by atoms with E-state index in [0.29, 0.717) is 23.8 Å². The Bertz CT molecular complexity index is 1600. The van der Waals surface area contributed by atoms with Crippen molar-refractivity contribution in [3.05, 3.63) is 110 Å². The van der Waals surface area contributed by atoms with Crippen LogP contribution in [0.3, 0.4) is 0 Å². The van der Waals surface area contributed by atoms with E-state index < -0.39 is 5.25 Å². The van der Waals surface area contributed by atoms with Crippen molar-refractivity contribution in [2.75, 3.05) is 5.32 Å². The lowest BCUT2D eigenvalue weighted by Crippen LogP contribution is -2.27. The summed E-state index contributed by atoms with van der Waals surface area (Å²) < 4.78 is 5.42. The topological polar surface area (TPSA) is 86.7 Å². The second-order valence-corrected chi connectivity index (χ2v) is 11.6. The normalized spacial score (nSPS) is 12.0. The summed E-state index contributed by atoms with van der Waals surface area (Å²) in [5.74, 6) is 0.608. The minimum atomic E-state index is -0.497. The average Bonchev–Trinajstić information content (AvgIpc) is 3.65. The van der Waals surface area contributed by atoms with E-state index in [1.807, 2.05) is 75.5 Å². The molecule has 10 heteroatoms. The van der Waals surface area contributed by atoms with Crippen molar-refractivity contribution in [3.63, 3.8) is 0 Å². The first-order valence-electron chi connectivity index (χ1n) is 12.7. The first-order valence-corrected chi connectivity index (χ1v) is 14.5. The standard InChI is InChI=1S/C29H30N6O2S2/c1-20-26(28(37)35(33(20)3)23-13-8-5-9-14-23)30-27(36)21(2)39-29-32-31-25(19-24-15-10-18-38-24)34(29)17-16-22-11-6-4-7-12-22/h4-15,18,21H,16-17,19H2,1-3H3,(H,30,36)/t21-/m1/s1. The molecular weight excluding hydrogens is 528 g/mol. The SMILES string of the molecule is Cc1c(NC(=O)[C@@H](C)Sc2nnc(Cc3cccs3)n2CCc2ccccc2)c(=O)n(-c2ccccc2)n1C. The van der Waals surface area contributed by atoms with Gasteiger partial charge in [0.1, 0.15) is 11.5 Å². The van der Waals surface area contributed by atoms with Crippen LogP contribution in [0.1, 0.15) is 28.9 Å². The molecule has 5 rings (SSSR count). The average molecular weight is 559 g/mol. The van der Waals surface area contributed by atoms with Crippen LogP contribution >= 0.6 is 23.1 Å². The Balaban J connectivity index is 1.35. The molecule has 0 aliphatic heterocycles. The fourth-order valence-electron chi connectivity index (χ4n) is 4.36. The maximum absolute atomic E-state index is 13.3. The van der Waals surface area contributed by atoms with Gasteiger partial charge >= 0.3 is 0 Å². The van der Waals surface area contributed by atoms with E-state index in [1.54, 1.807) is 20.7 Å². The van der Waals surface area contributed by atoms with Crippen LogP contribution in [-0.2, 0) is 31.2 Å². The maximum Gasteiger partial charge on any atom is 0.295 e. The fraction of sp³-hybridized carbons (Fsp3) is 0.241. The Morgan fingerprint density at radius 3 is 2.44 bits per heavy atom. The van der Waals surface area contributed by atoms with Gasteiger partial charge in [0.2, 0.25) is 5.91 Å². The summed E-state index contributed by atoms with van der Waals surface area (Å²) in [6.07, 6.45) is 1.51. The Labute approximate surface area is 235 Å². The minimum Gasteiger partial charge on any atom is -0.319 e. The highest BCUT2D eigenvalue weighted by Crippen LogP contribution is 2.26. The number of thioether (sulfide) groups is 1. The fourth-order valence-corrected chi connectivity index (χ4v) is 5.96. The van der Waals surface area contributed by atoms with Gasteiger partial charge in [-0.05, 0) is 49.4 Å². The summed E-state index contributed by atoms with van der Waals surface area (Å²) >= 11 is 3.04. The lowest BCUT2D eigenvalue weighted by atomic mass is 10.1. The zero-order valence-corrected chi connectivity index (χ0v) is 23.7. The Morgan fingerprint density at radius 1 is 1.03 bits per heavy atom. The molecule has 1 N–H and O–H groups in total. The number of aryl methyl sites for hydroxylation is 1. The lowest BCUT2D eigenvalue weighted by Gasteiger charge is -2.13. The zero-order valence-electron chi connectivity index (χ0n) is 22.1. The molecule has 1 atom stereocenters. The molecular formula is C29H30N6O2S2. The van der Waals surface area contributed by atoms with E-state index in [9.17, 15) is 9.59 Å². The number of aromatic nitrogens is 5. The number of nitrogens with one attached hydrogen (secondary N) is 1. The van der Waals surface area contributed by atoms with Crippen LogP contribution in [0, 0.1) is 6.92 Å². The second-order valence-electron chi connectivity index (χ2n) is 9.23. The summed E-state index contributed by atoms with van der Waals surface area (Å²) in [5.41, 5.74) is 2.66. The molecule has 8 nitrogen and oxygen atoms in total. The summed E-state index contributed by atoms with van der Waals surface area (Å²) in [5, 5.41) is 14.1. The first kappa shape index (κ1) is 26.7. The highest BCUT2D eigenvalue weighted by Gasteiger charge is 2.24. The molecule has 0 aliphatic carbocycles. The van der Waals surface area contributed by atoms with Gasteiger partial charge < -0.3 is 9.88 Å². The molecule has 0 spiro atoms. The Hall–Kier alpha value is -3.89. The minimum absolute atomic E-state index is 0.261. The molecule has 1 amide bonds. The van der Waals surface area contributed by atoms with Crippen molar-refractivity contribution in [3.8, 4) is 5.69 Å². The Kier molecular flexibility index (Phi) is 8.13. The van der Waals surface area contributed by atoms with Gasteiger partial charge in [-0.3, -0.25) is 14.3 Å². The van der Waals surface area contributed by atoms with Gasteiger partial charge in [-0.25, -0.2) is 4.68 Å². The van der Waals surface area contributed by atoms with Gasteiger partial charge in [-0.2, -0.15) is 0 Å². The number of hydrogen-bond donors (Lipinski definition) is 1. The predicted molar refractivity (Wildman–Crippen MR) is 157 cm³/mol. The number of carbonyl (C=O) groups excluding carboxylic acids is 1. The number of para-hydroxylation sites is 1. The van der Waals surface area contributed by atoms with Crippen LogP contribution in [0.4, 0.5) is 5.69 Å². The summed E-state index contributed by atoms with van der Waals surface area (Å²) in [6.45, 7) is 4.35. The summed E-state index contributed by atoms with van der Waals surface area (Å²) in [7, 11) is 1.81. The van der Waals surface area contributed by atoms with Gasteiger partial charge in [0.15, 0.2) is 5.16 Å². The molecule has 200 valence electrons. The number of benzene rings is 2. The molecule has 0 saturated carbocycles. The zero-order chi connectivity index (χ0) is 27.4. The van der Waals surface area contributed by atoms with Crippen molar-refractivity contribution in [1.29, 1.82) is 0 Å². The molecule has 3 aromatic heterocycles. The van der Waals surface area contributed by atoms with Crippen LogP contribution in [0.25, 0.3) is 5.69 Å². The van der Waals surface area contributed by atoms with Crippen molar-refractivity contribution >= 4 is 34.7 Å². The third-order valence-electron chi connectivity index (χ3n) is 6.63. The van der Waals surface area contributed by atoms with Crippen LogP contribution < -0.4 is 10.9 Å². The summed E-state index contributed by atoms with van der Waals surface area (Å²) in [4.78, 5) is 27.7. The third-order valence-corrected chi connectivity index (χ3v) is 8.58. The number of anilines is 1. The monoisotopic (exact) mass is 558 g/mol. The highest BCUT2D eigenvalue weighted by molar-refractivity contribution is 8.00. The molecule has 3 heterocycles. The van der Waals surface area contributed by atoms with Crippen LogP contribution in [-0.4, -0.2) is 35.3 Å². The molecule has 0 aliphatic rings. The molecule has 39 heavy (non-hydrogen) atoms. The molecule has 0 saturated heterocycles. The van der Waals surface area contributed by atoms with Gasteiger partial charge in [0, 0.05) is 24.9 Å². The van der Waals surface area contributed by atoms with Crippen LogP contribution in [0.2, 0.25) is 0 Å². The third kappa shape index (κ3) is 5.91. The number of thiophene rings is 1. The van der Waals surface area contributed by atoms with Crippen LogP contribution in [0.15, 0.2) is 88.1 Å². The van der Waals surface area contributed by atoms with E-state index in [1.165, 1.54) is 22.2 Å². The number of amides is 1. The molecule has 0 unspecified atom stereocenters. The molecule has 0 fully saturated rings. The molecule has 0 radical (unpaired) electrons. The predicted octanol–water partition coefficient (Wildman–Crippen LogP) is 5.09. The molecule has 5 aromatic rings. The molecule has 2 aromatic carbocycles. The van der Waals surface area contributed by atoms with Gasteiger partial charge in [-0.1, -0.05) is 66.4 Å². The van der Waals surface area contributed by atoms with E-state index in [2.05, 4.69) is 43.7 Å². The van der Waals surface area contributed by atoms with E-state index in [0.717, 1.165) is 17.9 Å². The van der Waals surface area contributed by atoms with Gasteiger partial charge in [-0.15, -0.1) is 21.5 Å². The second kappa shape index (κ2) is 11.9. The van der Waals surface area contributed by atoms with Crippen molar-refractivity contribution < 1.29 is 4.79 Å². The number of hydrogen-bond acceptors (Lipinski definition) is 6. The van der Waals surface area contributed by atoms with E-state index in [4.69, 9.17) is 0 Å². The largest absolute Gasteiger partial charge is 0.319 e. The quantitative estimate of drug-likeness (QED) is 0.241. The lowest BCUT2D eigenvalue weighted by molar-refractivity contribution is -0.115. The number of nitrogens with zero attached hydrogens (tertiary/aromatic N) is 5. The summed E-state index contributed by atoms with van der Waals surface area (Å²) in [6, 6.07) is 23.8. The van der Waals surface area contributed by atoms with Crippen molar-refractivity contribution in [2.24, 2.45) is 7.05 Å². The number of rotatable bonds is 10. The van der Waals surface area contributed by atoms with E-state index >= 15 is 0 Å².